The molecule has 0 saturated carbocycles. The van der Waals surface area contributed by atoms with E-state index in [1.54, 1.807) is 48.8 Å². The summed E-state index contributed by atoms with van der Waals surface area (Å²) >= 11 is 5.95. The second kappa shape index (κ2) is 10.3. The Morgan fingerprint density at radius 2 is 1.83 bits per heavy atom. The molecular formula is C21H28ClN3O4. The SMILES string of the molecule is CC(C)(C)OC(=O)NCC(=O)N1CCCN(C(=O)/C=C/c2cccc(Cl)c2)CC1. The summed E-state index contributed by atoms with van der Waals surface area (Å²) in [5.74, 6) is -0.300. The molecule has 0 spiro atoms. The second-order valence-electron chi connectivity index (χ2n) is 7.80. The normalized spacial score (nSPS) is 15.2. The highest BCUT2D eigenvalue weighted by Crippen LogP contribution is 2.12. The molecule has 0 radical (unpaired) electrons. The van der Waals surface area contributed by atoms with Gasteiger partial charge >= 0.3 is 6.09 Å². The zero-order valence-corrected chi connectivity index (χ0v) is 17.9. The monoisotopic (exact) mass is 421 g/mol. The van der Waals surface area contributed by atoms with Crippen molar-refractivity contribution >= 4 is 35.6 Å². The molecule has 1 fully saturated rings. The van der Waals surface area contributed by atoms with Gasteiger partial charge < -0.3 is 19.9 Å². The maximum absolute atomic E-state index is 12.5. The molecule has 0 atom stereocenters. The molecule has 0 aromatic heterocycles. The fourth-order valence-electron chi connectivity index (χ4n) is 2.84. The molecule has 1 aromatic rings. The van der Waals surface area contributed by atoms with E-state index in [0.29, 0.717) is 37.6 Å². The van der Waals surface area contributed by atoms with Crippen LogP contribution in [0.15, 0.2) is 30.3 Å². The van der Waals surface area contributed by atoms with Gasteiger partial charge in [0.15, 0.2) is 0 Å². The first-order valence-electron chi connectivity index (χ1n) is 9.61. The number of ether oxygens (including phenoxy) is 1. The van der Waals surface area contributed by atoms with Gasteiger partial charge in [-0.1, -0.05) is 23.7 Å². The molecule has 1 heterocycles. The lowest BCUT2D eigenvalue weighted by Crippen LogP contribution is -2.43. The van der Waals surface area contributed by atoms with Crippen LogP contribution in [0.3, 0.4) is 0 Å². The van der Waals surface area contributed by atoms with Gasteiger partial charge in [-0.3, -0.25) is 9.59 Å². The van der Waals surface area contributed by atoms with E-state index in [9.17, 15) is 14.4 Å². The third-order valence-electron chi connectivity index (χ3n) is 4.21. The molecular weight excluding hydrogens is 394 g/mol. The third kappa shape index (κ3) is 8.15. The molecule has 3 amide bonds. The Labute approximate surface area is 176 Å². The van der Waals surface area contributed by atoms with Crippen molar-refractivity contribution in [2.45, 2.75) is 32.8 Å². The molecule has 2 rings (SSSR count). The van der Waals surface area contributed by atoms with Gasteiger partial charge in [0.1, 0.15) is 12.1 Å². The van der Waals surface area contributed by atoms with Crippen LogP contribution >= 0.6 is 11.6 Å². The van der Waals surface area contributed by atoms with Crippen LogP contribution in [0.25, 0.3) is 6.08 Å². The second-order valence-corrected chi connectivity index (χ2v) is 8.24. The minimum atomic E-state index is -0.622. The van der Waals surface area contributed by atoms with Crippen LogP contribution in [0.2, 0.25) is 5.02 Å². The van der Waals surface area contributed by atoms with Gasteiger partial charge in [-0.05, 0) is 51.0 Å². The molecule has 7 nitrogen and oxygen atoms in total. The number of nitrogens with zero attached hydrogens (tertiary/aromatic N) is 2. The number of nitrogens with one attached hydrogen (secondary N) is 1. The minimum Gasteiger partial charge on any atom is -0.444 e. The zero-order valence-electron chi connectivity index (χ0n) is 17.1. The average Bonchev–Trinajstić information content (AvgIpc) is 2.89. The largest absolute Gasteiger partial charge is 0.444 e. The number of hydrogen-bond acceptors (Lipinski definition) is 4. The predicted octanol–water partition coefficient (Wildman–Crippen LogP) is 2.94. The molecule has 1 aromatic carbocycles. The van der Waals surface area contributed by atoms with Gasteiger partial charge in [0.25, 0.3) is 0 Å². The summed E-state index contributed by atoms with van der Waals surface area (Å²) in [6.07, 6.45) is 3.30. The molecule has 1 N–H and O–H groups in total. The maximum atomic E-state index is 12.5. The van der Waals surface area contributed by atoms with Crippen LogP contribution in [0, 0.1) is 0 Å². The summed E-state index contributed by atoms with van der Waals surface area (Å²) in [5.41, 5.74) is 0.237. The molecule has 29 heavy (non-hydrogen) atoms. The van der Waals surface area contributed by atoms with Crippen LogP contribution in [0.1, 0.15) is 32.8 Å². The number of rotatable bonds is 4. The van der Waals surface area contributed by atoms with Crippen LogP contribution in [0.4, 0.5) is 4.79 Å². The molecule has 1 saturated heterocycles. The Bertz CT molecular complexity index is 773. The van der Waals surface area contributed by atoms with Crippen LogP contribution < -0.4 is 5.32 Å². The van der Waals surface area contributed by atoms with Gasteiger partial charge in [-0.25, -0.2) is 4.79 Å². The van der Waals surface area contributed by atoms with Crippen LogP contribution in [-0.2, 0) is 14.3 Å². The number of alkyl carbamates (subject to hydrolysis) is 1. The smallest absolute Gasteiger partial charge is 0.408 e. The number of benzene rings is 1. The van der Waals surface area contributed by atoms with Crippen molar-refractivity contribution < 1.29 is 19.1 Å². The Hall–Kier alpha value is -2.54. The highest BCUT2D eigenvalue weighted by molar-refractivity contribution is 6.30. The molecule has 0 aliphatic carbocycles. The summed E-state index contributed by atoms with van der Waals surface area (Å²) in [7, 11) is 0. The van der Waals surface area contributed by atoms with E-state index in [1.165, 1.54) is 6.08 Å². The molecule has 158 valence electrons. The van der Waals surface area contributed by atoms with Crippen molar-refractivity contribution in [2.24, 2.45) is 0 Å². The van der Waals surface area contributed by atoms with Crippen LogP contribution in [-0.4, -0.2) is 66.0 Å². The van der Waals surface area contributed by atoms with E-state index < -0.39 is 11.7 Å². The van der Waals surface area contributed by atoms with E-state index in [4.69, 9.17) is 16.3 Å². The summed E-state index contributed by atoms with van der Waals surface area (Å²) in [6, 6.07) is 7.26. The van der Waals surface area contributed by atoms with Gasteiger partial charge in [0, 0.05) is 37.3 Å². The molecule has 0 unspecified atom stereocenters. The maximum Gasteiger partial charge on any atom is 0.408 e. The first kappa shape index (κ1) is 22.7. The molecule has 8 heteroatoms. The fourth-order valence-corrected chi connectivity index (χ4v) is 3.04. The van der Waals surface area contributed by atoms with E-state index in [-0.39, 0.29) is 18.4 Å². The Balaban J connectivity index is 1.82. The van der Waals surface area contributed by atoms with E-state index in [1.807, 2.05) is 12.1 Å². The number of carbonyl (C=O) groups excluding carboxylic acids is 3. The van der Waals surface area contributed by atoms with Crippen molar-refractivity contribution in [1.29, 1.82) is 0 Å². The summed E-state index contributed by atoms with van der Waals surface area (Å²) in [5, 5.41) is 3.09. The lowest BCUT2D eigenvalue weighted by atomic mass is 10.2. The van der Waals surface area contributed by atoms with E-state index >= 15 is 0 Å². The number of hydrogen-bond donors (Lipinski definition) is 1. The average molecular weight is 422 g/mol. The lowest BCUT2D eigenvalue weighted by molar-refractivity contribution is -0.131. The minimum absolute atomic E-state index is 0.105. The van der Waals surface area contributed by atoms with Gasteiger partial charge in [-0.15, -0.1) is 0 Å². The summed E-state index contributed by atoms with van der Waals surface area (Å²) in [6.45, 7) is 7.12. The quantitative estimate of drug-likeness (QED) is 0.758. The standard InChI is InChI=1S/C21H28ClN3O4/c1-21(2,3)29-20(28)23-15-19(27)25-11-5-10-24(12-13-25)18(26)9-8-16-6-4-7-17(22)14-16/h4,6-9,14H,5,10-13,15H2,1-3H3,(H,23,28)/b9-8+. The van der Waals surface area contributed by atoms with Gasteiger partial charge in [0.05, 0.1) is 0 Å². The van der Waals surface area contributed by atoms with Gasteiger partial charge in [-0.2, -0.15) is 0 Å². The van der Waals surface area contributed by atoms with Crippen molar-refractivity contribution in [1.82, 2.24) is 15.1 Å². The van der Waals surface area contributed by atoms with Gasteiger partial charge in [0.2, 0.25) is 11.8 Å². The number of carbonyl (C=O) groups is 3. The highest BCUT2D eigenvalue weighted by Gasteiger charge is 2.22. The number of amides is 3. The lowest BCUT2D eigenvalue weighted by Gasteiger charge is -2.23. The third-order valence-corrected chi connectivity index (χ3v) is 4.45. The molecule has 0 bridgehead atoms. The molecule has 1 aliphatic heterocycles. The van der Waals surface area contributed by atoms with E-state index in [0.717, 1.165) is 5.56 Å². The van der Waals surface area contributed by atoms with Crippen molar-refractivity contribution in [3.05, 3.63) is 40.9 Å². The first-order chi connectivity index (χ1) is 13.6. The topological polar surface area (TPSA) is 79.0 Å². The highest BCUT2D eigenvalue weighted by atomic mass is 35.5. The number of halogens is 1. The Morgan fingerprint density at radius 1 is 1.14 bits per heavy atom. The Morgan fingerprint density at radius 3 is 2.52 bits per heavy atom. The van der Waals surface area contributed by atoms with Crippen LogP contribution in [0.5, 0.6) is 0 Å². The zero-order chi connectivity index (χ0) is 21.4. The van der Waals surface area contributed by atoms with Crippen molar-refractivity contribution in [3.8, 4) is 0 Å². The summed E-state index contributed by atoms with van der Waals surface area (Å²) in [4.78, 5) is 39.9. The van der Waals surface area contributed by atoms with Crippen molar-refractivity contribution in [2.75, 3.05) is 32.7 Å². The predicted molar refractivity (Wildman–Crippen MR) is 112 cm³/mol. The van der Waals surface area contributed by atoms with Crippen molar-refractivity contribution in [3.63, 3.8) is 0 Å². The first-order valence-corrected chi connectivity index (χ1v) is 9.99. The Kier molecular flexibility index (Phi) is 8.08. The summed E-state index contributed by atoms with van der Waals surface area (Å²) < 4.78 is 5.13. The van der Waals surface area contributed by atoms with E-state index in [2.05, 4.69) is 5.32 Å². The fraction of sp³-hybridized carbons (Fsp3) is 0.476. The molecule has 1 aliphatic rings.